The van der Waals surface area contributed by atoms with E-state index in [1.54, 1.807) is 6.20 Å². The zero-order valence-electron chi connectivity index (χ0n) is 15.1. The average molecular weight is 345 g/mol. The van der Waals surface area contributed by atoms with E-state index in [0.717, 1.165) is 17.8 Å². The molecule has 4 heteroatoms. The predicted molar refractivity (Wildman–Crippen MR) is 106 cm³/mol. The molecule has 0 aliphatic carbocycles. The quantitative estimate of drug-likeness (QED) is 0.692. The first-order valence-corrected chi connectivity index (χ1v) is 8.69. The highest BCUT2D eigenvalue weighted by molar-refractivity contribution is 5.91. The Bertz CT molecular complexity index is 871. The normalized spacial score (nSPS) is 10.4. The molecule has 1 amide bonds. The van der Waals surface area contributed by atoms with Crippen LogP contribution in [0.15, 0.2) is 66.9 Å². The molecule has 2 aromatic carbocycles. The van der Waals surface area contributed by atoms with Crippen molar-refractivity contribution in [1.82, 2.24) is 4.98 Å². The first kappa shape index (κ1) is 17.7. The summed E-state index contributed by atoms with van der Waals surface area (Å²) in [6.07, 6.45) is 2.08. The molecule has 1 heterocycles. The van der Waals surface area contributed by atoms with E-state index in [4.69, 9.17) is 0 Å². The van der Waals surface area contributed by atoms with Crippen molar-refractivity contribution in [3.63, 3.8) is 0 Å². The lowest BCUT2D eigenvalue weighted by atomic mass is 10.1. The lowest BCUT2D eigenvalue weighted by Crippen LogP contribution is -2.15. The van der Waals surface area contributed by atoms with Gasteiger partial charge in [-0.15, -0.1) is 0 Å². The van der Waals surface area contributed by atoms with Gasteiger partial charge in [0.25, 0.3) is 0 Å². The number of anilines is 2. The third-order valence-electron chi connectivity index (χ3n) is 4.10. The first-order chi connectivity index (χ1) is 12.6. The Labute approximate surface area is 154 Å². The Kier molecular flexibility index (Phi) is 5.64. The van der Waals surface area contributed by atoms with Gasteiger partial charge >= 0.3 is 0 Å². The maximum Gasteiger partial charge on any atom is 0.229 e. The number of benzene rings is 2. The number of carbonyl (C=O) groups is 1. The number of rotatable bonds is 6. The number of aromatic nitrogens is 1. The van der Waals surface area contributed by atoms with Crippen LogP contribution in [-0.4, -0.2) is 10.9 Å². The standard InChI is InChI=1S/C22H23N3O/c1-16-6-8-18(9-7-16)13-22(26)25-21-11-10-20(15-24-21)23-14-19-5-3-4-17(2)12-19/h3-12,15,23H,13-14H2,1-2H3,(H,24,25,26). The van der Waals surface area contributed by atoms with Gasteiger partial charge in [-0.05, 0) is 37.1 Å². The smallest absolute Gasteiger partial charge is 0.229 e. The lowest BCUT2D eigenvalue weighted by Gasteiger charge is -2.09. The third-order valence-corrected chi connectivity index (χ3v) is 4.10. The molecule has 1 aromatic heterocycles. The molecule has 3 rings (SSSR count). The van der Waals surface area contributed by atoms with Crippen LogP contribution in [0.25, 0.3) is 0 Å². The molecule has 26 heavy (non-hydrogen) atoms. The van der Waals surface area contributed by atoms with Crippen LogP contribution in [0.3, 0.4) is 0 Å². The van der Waals surface area contributed by atoms with Gasteiger partial charge < -0.3 is 10.6 Å². The van der Waals surface area contributed by atoms with Crippen LogP contribution in [0.5, 0.6) is 0 Å². The topological polar surface area (TPSA) is 54.0 Å². The summed E-state index contributed by atoms with van der Waals surface area (Å²) < 4.78 is 0. The number of hydrogen-bond acceptors (Lipinski definition) is 3. The highest BCUT2D eigenvalue weighted by atomic mass is 16.1. The van der Waals surface area contributed by atoms with E-state index < -0.39 is 0 Å². The average Bonchev–Trinajstić information content (AvgIpc) is 2.63. The lowest BCUT2D eigenvalue weighted by molar-refractivity contribution is -0.115. The first-order valence-electron chi connectivity index (χ1n) is 8.69. The Morgan fingerprint density at radius 1 is 0.923 bits per heavy atom. The van der Waals surface area contributed by atoms with E-state index in [0.29, 0.717) is 12.2 Å². The minimum Gasteiger partial charge on any atom is -0.380 e. The molecule has 0 fully saturated rings. The largest absolute Gasteiger partial charge is 0.380 e. The van der Waals surface area contributed by atoms with Crippen LogP contribution >= 0.6 is 0 Å². The van der Waals surface area contributed by atoms with Crippen molar-refractivity contribution in [3.8, 4) is 0 Å². The summed E-state index contributed by atoms with van der Waals surface area (Å²) in [5.41, 5.74) is 5.56. The summed E-state index contributed by atoms with van der Waals surface area (Å²) in [6.45, 7) is 4.85. The van der Waals surface area contributed by atoms with E-state index >= 15 is 0 Å². The van der Waals surface area contributed by atoms with Crippen LogP contribution < -0.4 is 10.6 Å². The van der Waals surface area contributed by atoms with Gasteiger partial charge in [0.2, 0.25) is 5.91 Å². The number of amides is 1. The molecule has 0 saturated carbocycles. The fourth-order valence-electron chi connectivity index (χ4n) is 2.68. The molecule has 0 unspecified atom stereocenters. The third kappa shape index (κ3) is 5.18. The van der Waals surface area contributed by atoms with Crippen LogP contribution in [0.1, 0.15) is 22.3 Å². The fourth-order valence-corrected chi connectivity index (χ4v) is 2.68. The van der Waals surface area contributed by atoms with E-state index in [1.807, 2.05) is 43.3 Å². The van der Waals surface area contributed by atoms with Crippen molar-refractivity contribution in [2.75, 3.05) is 10.6 Å². The van der Waals surface area contributed by atoms with Gasteiger partial charge in [0.1, 0.15) is 5.82 Å². The van der Waals surface area contributed by atoms with Crippen LogP contribution in [0.4, 0.5) is 11.5 Å². The summed E-state index contributed by atoms with van der Waals surface area (Å²) in [5, 5.41) is 6.17. The fraction of sp³-hybridized carbons (Fsp3) is 0.182. The molecule has 0 aliphatic heterocycles. The molecular weight excluding hydrogens is 322 g/mol. The molecule has 0 spiro atoms. The monoisotopic (exact) mass is 345 g/mol. The molecule has 0 aliphatic rings. The predicted octanol–water partition coefficient (Wildman–Crippen LogP) is 4.49. The minimum absolute atomic E-state index is 0.0678. The van der Waals surface area contributed by atoms with Gasteiger partial charge in [-0.3, -0.25) is 4.79 Å². The number of carbonyl (C=O) groups excluding carboxylic acids is 1. The molecule has 0 atom stereocenters. The molecule has 0 bridgehead atoms. The van der Waals surface area contributed by atoms with Gasteiger partial charge in [0.05, 0.1) is 18.3 Å². The molecule has 0 radical (unpaired) electrons. The Morgan fingerprint density at radius 3 is 2.42 bits per heavy atom. The zero-order valence-corrected chi connectivity index (χ0v) is 15.1. The highest BCUT2D eigenvalue weighted by Gasteiger charge is 2.05. The van der Waals surface area contributed by atoms with Crippen molar-refractivity contribution in [2.24, 2.45) is 0 Å². The van der Waals surface area contributed by atoms with Gasteiger partial charge in [-0.2, -0.15) is 0 Å². The summed E-state index contributed by atoms with van der Waals surface area (Å²) in [7, 11) is 0. The molecule has 0 saturated heterocycles. The Hall–Kier alpha value is -3.14. The number of nitrogens with one attached hydrogen (secondary N) is 2. The van der Waals surface area contributed by atoms with Crippen LogP contribution in [-0.2, 0) is 17.8 Å². The van der Waals surface area contributed by atoms with Gasteiger partial charge in [-0.25, -0.2) is 4.98 Å². The summed E-state index contributed by atoms with van der Waals surface area (Å²) in [6, 6.07) is 20.1. The summed E-state index contributed by atoms with van der Waals surface area (Å²) >= 11 is 0. The highest BCUT2D eigenvalue weighted by Crippen LogP contribution is 2.13. The second-order valence-corrected chi connectivity index (χ2v) is 6.49. The number of hydrogen-bond donors (Lipinski definition) is 2. The van der Waals surface area contributed by atoms with Crippen LogP contribution in [0.2, 0.25) is 0 Å². The maximum atomic E-state index is 12.1. The molecule has 132 valence electrons. The van der Waals surface area contributed by atoms with Crippen molar-refractivity contribution < 1.29 is 4.79 Å². The van der Waals surface area contributed by atoms with Gasteiger partial charge in [-0.1, -0.05) is 59.7 Å². The maximum absolute atomic E-state index is 12.1. The second-order valence-electron chi connectivity index (χ2n) is 6.49. The minimum atomic E-state index is -0.0678. The van der Waals surface area contributed by atoms with E-state index in [1.165, 1.54) is 16.7 Å². The van der Waals surface area contributed by atoms with E-state index in [9.17, 15) is 4.79 Å². The molecule has 2 N–H and O–H groups in total. The van der Waals surface area contributed by atoms with E-state index in [2.05, 4.69) is 46.8 Å². The summed E-state index contributed by atoms with van der Waals surface area (Å²) in [4.78, 5) is 16.4. The number of aryl methyl sites for hydroxylation is 2. The Balaban J connectivity index is 1.52. The Morgan fingerprint density at radius 2 is 1.73 bits per heavy atom. The zero-order chi connectivity index (χ0) is 18.4. The molecule has 4 nitrogen and oxygen atoms in total. The van der Waals surface area contributed by atoms with Gasteiger partial charge in [0, 0.05) is 6.54 Å². The van der Waals surface area contributed by atoms with Gasteiger partial charge in [0.15, 0.2) is 0 Å². The van der Waals surface area contributed by atoms with Crippen LogP contribution in [0, 0.1) is 13.8 Å². The van der Waals surface area contributed by atoms with Crippen molar-refractivity contribution in [2.45, 2.75) is 26.8 Å². The summed E-state index contributed by atoms with van der Waals surface area (Å²) in [5.74, 6) is 0.491. The second kappa shape index (κ2) is 8.30. The van der Waals surface area contributed by atoms with Crippen molar-refractivity contribution in [1.29, 1.82) is 0 Å². The van der Waals surface area contributed by atoms with Crippen molar-refractivity contribution >= 4 is 17.4 Å². The SMILES string of the molecule is Cc1ccc(CC(=O)Nc2ccc(NCc3cccc(C)c3)cn2)cc1. The number of nitrogens with zero attached hydrogens (tertiary/aromatic N) is 1. The molecular formula is C22H23N3O. The van der Waals surface area contributed by atoms with E-state index in [-0.39, 0.29) is 5.91 Å². The van der Waals surface area contributed by atoms with Crippen molar-refractivity contribution in [3.05, 3.63) is 89.1 Å². The number of pyridine rings is 1. The molecule has 3 aromatic rings.